The smallest absolute Gasteiger partial charge is 0.225 e. The Kier molecular flexibility index (Phi) is 4.85. The van der Waals surface area contributed by atoms with E-state index in [1.54, 1.807) is 0 Å². The van der Waals surface area contributed by atoms with Crippen molar-refractivity contribution >= 4 is 11.6 Å². The van der Waals surface area contributed by atoms with Crippen LogP contribution >= 0.6 is 0 Å². The van der Waals surface area contributed by atoms with E-state index >= 15 is 0 Å². The Hall–Kier alpha value is -1.49. The fourth-order valence-electron chi connectivity index (χ4n) is 2.32. The van der Waals surface area contributed by atoms with Crippen LogP contribution in [0.4, 0.5) is 14.5 Å². The molecule has 5 heteroatoms. The first-order valence-corrected chi connectivity index (χ1v) is 6.63. The minimum atomic E-state index is -0.753. The van der Waals surface area contributed by atoms with Crippen molar-refractivity contribution < 1.29 is 13.6 Å². The molecule has 1 saturated carbocycles. The quantitative estimate of drug-likeness (QED) is 0.862. The highest BCUT2D eigenvalue weighted by Crippen LogP contribution is 2.17. The normalized spacial score (nSPS) is 15.7. The van der Waals surface area contributed by atoms with Crippen molar-refractivity contribution in [2.24, 2.45) is 0 Å². The molecule has 0 heterocycles. The molecule has 1 aromatic carbocycles. The van der Waals surface area contributed by atoms with Gasteiger partial charge in [0.15, 0.2) is 0 Å². The maximum Gasteiger partial charge on any atom is 0.225 e. The Balaban J connectivity index is 1.74. The molecule has 2 N–H and O–H groups in total. The summed E-state index contributed by atoms with van der Waals surface area (Å²) in [6.07, 6.45) is 5.09. The van der Waals surface area contributed by atoms with Gasteiger partial charge in [0.05, 0.1) is 5.69 Å². The molecule has 3 nitrogen and oxygen atoms in total. The molecule has 1 amide bonds. The third-order valence-electron chi connectivity index (χ3n) is 3.35. The van der Waals surface area contributed by atoms with Crippen LogP contribution in [0, 0.1) is 11.6 Å². The first-order chi connectivity index (χ1) is 9.15. The zero-order chi connectivity index (χ0) is 13.7. The number of halogens is 2. The molecule has 104 valence electrons. The van der Waals surface area contributed by atoms with Gasteiger partial charge < -0.3 is 10.6 Å². The molecule has 1 fully saturated rings. The molecule has 0 spiro atoms. The number of hydrogen-bond acceptors (Lipinski definition) is 2. The number of carbonyl (C=O) groups is 1. The molecule has 2 rings (SSSR count). The van der Waals surface area contributed by atoms with E-state index in [4.69, 9.17) is 0 Å². The molecule has 19 heavy (non-hydrogen) atoms. The van der Waals surface area contributed by atoms with E-state index in [2.05, 4.69) is 10.6 Å². The van der Waals surface area contributed by atoms with E-state index < -0.39 is 11.6 Å². The van der Waals surface area contributed by atoms with E-state index in [0.29, 0.717) is 12.6 Å². The van der Waals surface area contributed by atoms with Crippen LogP contribution in [0.5, 0.6) is 0 Å². The monoisotopic (exact) mass is 268 g/mol. The lowest BCUT2D eigenvalue weighted by molar-refractivity contribution is -0.116. The highest BCUT2D eigenvalue weighted by molar-refractivity contribution is 5.90. The predicted octanol–water partition coefficient (Wildman–Crippen LogP) is 2.83. The average Bonchev–Trinajstić information content (AvgIpc) is 2.86. The highest BCUT2D eigenvalue weighted by Gasteiger charge is 2.14. The summed E-state index contributed by atoms with van der Waals surface area (Å²) < 4.78 is 26.0. The van der Waals surface area contributed by atoms with Gasteiger partial charge >= 0.3 is 0 Å². The predicted molar refractivity (Wildman–Crippen MR) is 69.9 cm³/mol. The standard InChI is InChI=1S/C14H18F2N2O/c15-10-5-6-13(12(16)9-10)18-14(19)7-8-17-11-3-1-2-4-11/h5-6,9,11,17H,1-4,7-8H2,(H,18,19). The second-order valence-corrected chi connectivity index (χ2v) is 4.86. The van der Waals surface area contributed by atoms with Crippen molar-refractivity contribution in [1.29, 1.82) is 0 Å². The zero-order valence-electron chi connectivity index (χ0n) is 10.7. The van der Waals surface area contributed by atoms with Crippen LogP contribution in [0.2, 0.25) is 0 Å². The number of amides is 1. The van der Waals surface area contributed by atoms with E-state index in [-0.39, 0.29) is 18.0 Å². The summed E-state index contributed by atoms with van der Waals surface area (Å²) >= 11 is 0. The molecule has 0 unspecified atom stereocenters. The molecule has 0 saturated heterocycles. The largest absolute Gasteiger partial charge is 0.324 e. The topological polar surface area (TPSA) is 41.1 Å². The summed E-state index contributed by atoms with van der Waals surface area (Å²) in [5, 5.41) is 5.75. The van der Waals surface area contributed by atoms with Gasteiger partial charge in [0.1, 0.15) is 11.6 Å². The molecule has 0 atom stereocenters. The summed E-state index contributed by atoms with van der Waals surface area (Å²) in [5.41, 5.74) is 0.0206. The van der Waals surface area contributed by atoms with Gasteiger partial charge in [0.25, 0.3) is 0 Å². The lowest BCUT2D eigenvalue weighted by Crippen LogP contribution is -2.29. The summed E-state index contributed by atoms with van der Waals surface area (Å²) in [6.45, 7) is 0.583. The van der Waals surface area contributed by atoms with Crippen molar-refractivity contribution in [3.8, 4) is 0 Å². The highest BCUT2D eigenvalue weighted by atomic mass is 19.1. The Morgan fingerprint density at radius 3 is 2.68 bits per heavy atom. The Labute approximate surface area is 111 Å². The average molecular weight is 268 g/mol. The van der Waals surface area contributed by atoms with Crippen LogP contribution < -0.4 is 10.6 Å². The second-order valence-electron chi connectivity index (χ2n) is 4.86. The van der Waals surface area contributed by atoms with Gasteiger partial charge in [0.2, 0.25) is 5.91 Å². The van der Waals surface area contributed by atoms with Crippen LogP contribution in [0.1, 0.15) is 32.1 Å². The number of benzene rings is 1. The van der Waals surface area contributed by atoms with Gasteiger partial charge in [-0.1, -0.05) is 12.8 Å². The van der Waals surface area contributed by atoms with Crippen LogP contribution in [0.3, 0.4) is 0 Å². The third-order valence-corrected chi connectivity index (χ3v) is 3.35. The third kappa shape index (κ3) is 4.28. The number of carbonyl (C=O) groups excluding carboxylic acids is 1. The van der Waals surface area contributed by atoms with Crippen molar-refractivity contribution in [3.05, 3.63) is 29.8 Å². The maximum absolute atomic E-state index is 13.3. The SMILES string of the molecule is O=C(CCNC1CCCC1)Nc1ccc(F)cc1F. The lowest BCUT2D eigenvalue weighted by Gasteiger charge is -2.11. The van der Waals surface area contributed by atoms with Crippen molar-refractivity contribution in [3.63, 3.8) is 0 Å². The molecule has 0 radical (unpaired) electrons. The second kappa shape index (κ2) is 6.61. The minimum Gasteiger partial charge on any atom is -0.324 e. The van der Waals surface area contributed by atoms with E-state index in [1.807, 2.05) is 0 Å². The number of anilines is 1. The van der Waals surface area contributed by atoms with Crippen LogP contribution in [-0.4, -0.2) is 18.5 Å². The van der Waals surface area contributed by atoms with Crippen LogP contribution in [0.25, 0.3) is 0 Å². The van der Waals surface area contributed by atoms with Crippen molar-refractivity contribution in [2.75, 3.05) is 11.9 Å². The molecule has 1 aromatic rings. The molecule has 1 aliphatic rings. The van der Waals surface area contributed by atoms with Crippen molar-refractivity contribution in [1.82, 2.24) is 5.32 Å². The number of hydrogen-bond donors (Lipinski definition) is 2. The minimum absolute atomic E-state index is 0.0206. The fraction of sp³-hybridized carbons (Fsp3) is 0.500. The first-order valence-electron chi connectivity index (χ1n) is 6.63. The zero-order valence-corrected chi connectivity index (χ0v) is 10.7. The van der Waals surface area contributed by atoms with Crippen LogP contribution in [-0.2, 0) is 4.79 Å². The summed E-state index contributed by atoms with van der Waals surface area (Å²) in [5.74, 6) is -1.67. The fourth-order valence-corrected chi connectivity index (χ4v) is 2.32. The Morgan fingerprint density at radius 1 is 1.26 bits per heavy atom. The van der Waals surface area contributed by atoms with Gasteiger partial charge in [-0.15, -0.1) is 0 Å². The molecular formula is C14H18F2N2O. The van der Waals surface area contributed by atoms with Crippen LogP contribution in [0.15, 0.2) is 18.2 Å². The van der Waals surface area contributed by atoms with Crippen molar-refractivity contribution in [2.45, 2.75) is 38.1 Å². The summed E-state index contributed by atoms with van der Waals surface area (Å²) in [4.78, 5) is 11.6. The van der Waals surface area contributed by atoms with Gasteiger partial charge in [0, 0.05) is 25.1 Å². The Morgan fingerprint density at radius 2 is 2.00 bits per heavy atom. The van der Waals surface area contributed by atoms with E-state index in [9.17, 15) is 13.6 Å². The summed E-state index contributed by atoms with van der Waals surface area (Å²) in [7, 11) is 0. The Bertz CT molecular complexity index is 445. The molecule has 0 aromatic heterocycles. The van der Waals surface area contributed by atoms with E-state index in [0.717, 1.165) is 25.0 Å². The molecule has 1 aliphatic carbocycles. The van der Waals surface area contributed by atoms with E-state index in [1.165, 1.54) is 18.9 Å². The maximum atomic E-state index is 13.3. The van der Waals surface area contributed by atoms with Gasteiger partial charge in [-0.3, -0.25) is 4.79 Å². The summed E-state index contributed by atoms with van der Waals surface area (Å²) in [6, 6.07) is 3.62. The van der Waals surface area contributed by atoms with Gasteiger partial charge in [-0.05, 0) is 25.0 Å². The molecule has 0 aliphatic heterocycles. The number of nitrogens with one attached hydrogen (secondary N) is 2. The lowest BCUT2D eigenvalue weighted by atomic mass is 10.2. The van der Waals surface area contributed by atoms with Gasteiger partial charge in [-0.25, -0.2) is 8.78 Å². The molecule has 0 bridgehead atoms. The number of rotatable bonds is 5. The van der Waals surface area contributed by atoms with Gasteiger partial charge in [-0.2, -0.15) is 0 Å². The first kappa shape index (κ1) is 13.9. The molecular weight excluding hydrogens is 250 g/mol.